The summed E-state index contributed by atoms with van der Waals surface area (Å²) in [7, 11) is 0. The molecule has 0 saturated carbocycles. The van der Waals surface area contributed by atoms with E-state index in [0.29, 0.717) is 0 Å². The van der Waals surface area contributed by atoms with Gasteiger partial charge in [-0.3, -0.25) is 14.5 Å². The van der Waals surface area contributed by atoms with E-state index >= 15 is 0 Å². The number of piperazine rings is 1. The van der Waals surface area contributed by atoms with Crippen molar-refractivity contribution in [3.05, 3.63) is 0 Å². The first-order valence-electron chi connectivity index (χ1n) is 8.40. The fourth-order valence-electron chi connectivity index (χ4n) is 2.98. The van der Waals surface area contributed by atoms with Gasteiger partial charge in [-0.2, -0.15) is 13.2 Å². The van der Waals surface area contributed by atoms with Crippen molar-refractivity contribution >= 4 is 11.8 Å². The molecule has 146 valence electrons. The normalized spacial score (nSPS) is 23.6. The van der Waals surface area contributed by atoms with Crippen molar-refractivity contribution in [2.24, 2.45) is 0 Å². The number of hydrogen-bond donors (Lipinski definition) is 1. The van der Waals surface area contributed by atoms with Crippen LogP contribution in [0.15, 0.2) is 0 Å². The maximum atomic E-state index is 12.7. The van der Waals surface area contributed by atoms with Crippen LogP contribution in [-0.2, 0) is 14.3 Å². The third-order valence-corrected chi connectivity index (χ3v) is 4.05. The zero-order valence-electron chi connectivity index (χ0n) is 15.4. The van der Waals surface area contributed by atoms with E-state index in [1.807, 2.05) is 13.8 Å². The lowest BCUT2D eigenvalue weighted by Crippen LogP contribution is -2.62. The van der Waals surface area contributed by atoms with Gasteiger partial charge in [0.2, 0.25) is 11.8 Å². The summed E-state index contributed by atoms with van der Waals surface area (Å²) in [5, 5.41) is 2.56. The molecule has 1 fully saturated rings. The average Bonchev–Trinajstić information content (AvgIpc) is 2.44. The van der Waals surface area contributed by atoms with Gasteiger partial charge in [0, 0.05) is 32.1 Å². The number of nitrogens with zero attached hydrogens (tertiary/aromatic N) is 2. The third-order valence-electron chi connectivity index (χ3n) is 4.05. The summed E-state index contributed by atoms with van der Waals surface area (Å²) in [5.41, 5.74) is 0. The molecule has 1 unspecified atom stereocenters. The molecule has 25 heavy (non-hydrogen) atoms. The molecular formula is C16H28F3N3O3. The van der Waals surface area contributed by atoms with Crippen LogP contribution in [0.2, 0.25) is 0 Å². The molecule has 1 rings (SSSR count). The number of rotatable bonds is 6. The van der Waals surface area contributed by atoms with Crippen molar-refractivity contribution in [3.8, 4) is 0 Å². The number of hydrogen-bond acceptors (Lipinski definition) is 4. The fraction of sp³-hybridized carbons (Fsp3) is 0.875. The number of alkyl halides is 3. The van der Waals surface area contributed by atoms with Gasteiger partial charge in [0.05, 0.1) is 19.3 Å². The number of carbonyl (C=O) groups excluding carboxylic acids is 2. The largest absolute Gasteiger partial charge is 0.401 e. The van der Waals surface area contributed by atoms with Crippen LogP contribution in [0.1, 0.15) is 34.6 Å². The van der Waals surface area contributed by atoms with Crippen LogP contribution in [0.3, 0.4) is 0 Å². The van der Waals surface area contributed by atoms with Gasteiger partial charge in [-0.1, -0.05) is 0 Å². The first kappa shape index (κ1) is 21.7. The van der Waals surface area contributed by atoms with Crippen LogP contribution in [0.25, 0.3) is 0 Å². The van der Waals surface area contributed by atoms with E-state index in [4.69, 9.17) is 4.74 Å². The second kappa shape index (κ2) is 8.84. The zero-order valence-corrected chi connectivity index (χ0v) is 15.4. The molecule has 0 aliphatic carbocycles. The Morgan fingerprint density at radius 3 is 2.12 bits per heavy atom. The molecule has 0 spiro atoms. The molecule has 0 aromatic heterocycles. The number of halogens is 3. The molecular weight excluding hydrogens is 339 g/mol. The Hall–Kier alpha value is -1.35. The molecule has 0 radical (unpaired) electrons. The van der Waals surface area contributed by atoms with Gasteiger partial charge in [-0.25, -0.2) is 0 Å². The van der Waals surface area contributed by atoms with E-state index in [-0.39, 0.29) is 37.6 Å². The lowest BCUT2D eigenvalue weighted by Gasteiger charge is -2.45. The summed E-state index contributed by atoms with van der Waals surface area (Å²) < 4.78 is 43.5. The highest BCUT2D eigenvalue weighted by Crippen LogP contribution is 2.23. The molecule has 9 heteroatoms. The number of nitrogens with one attached hydrogen (secondary N) is 1. The van der Waals surface area contributed by atoms with E-state index in [1.54, 1.807) is 13.8 Å². The first-order valence-corrected chi connectivity index (χ1v) is 8.40. The standard InChI is InChI=1S/C16H28F3N3O3/c1-10(2)25-8-14(20-13(5)23)15(24)21-6-11(3)22(12(4)7-21)9-16(17,18)19/h10-12,14H,6-9H2,1-5H3,(H,20,23)/t11-,12+,14?. The van der Waals surface area contributed by atoms with Gasteiger partial charge in [0.1, 0.15) is 6.04 Å². The third kappa shape index (κ3) is 7.19. The van der Waals surface area contributed by atoms with E-state index < -0.39 is 30.8 Å². The Balaban J connectivity index is 2.78. The lowest BCUT2D eigenvalue weighted by atomic mass is 10.1. The molecule has 1 aliphatic rings. The predicted molar refractivity (Wildman–Crippen MR) is 87.0 cm³/mol. The first-order chi connectivity index (χ1) is 11.4. The van der Waals surface area contributed by atoms with Crippen LogP contribution in [-0.4, -0.2) is 78.3 Å². The molecule has 3 atom stereocenters. The van der Waals surface area contributed by atoms with Gasteiger partial charge in [0.25, 0.3) is 0 Å². The Morgan fingerprint density at radius 2 is 1.72 bits per heavy atom. The van der Waals surface area contributed by atoms with Crippen LogP contribution in [0.4, 0.5) is 13.2 Å². The average molecular weight is 367 g/mol. The van der Waals surface area contributed by atoms with Crippen LogP contribution in [0.5, 0.6) is 0 Å². The Morgan fingerprint density at radius 1 is 1.20 bits per heavy atom. The smallest absolute Gasteiger partial charge is 0.376 e. The highest BCUT2D eigenvalue weighted by atomic mass is 19.4. The molecule has 0 bridgehead atoms. The molecule has 0 aromatic carbocycles. The lowest BCUT2D eigenvalue weighted by molar-refractivity contribution is -0.165. The minimum atomic E-state index is -4.28. The highest BCUT2D eigenvalue weighted by Gasteiger charge is 2.40. The predicted octanol–water partition coefficient (Wildman–Crippen LogP) is 1.40. The summed E-state index contributed by atoms with van der Waals surface area (Å²) in [4.78, 5) is 26.9. The second-order valence-corrected chi connectivity index (χ2v) is 6.86. The minimum absolute atomic E-state index is 0.0294. The molecule has 1 N–H and O–H groups in total. The summed E-state index contributed by atoms with van der Waals surface area (Å²) in [6.07, 6.45) is -4.39. The highest BCUT2D eigenvalue weighted by molar-refractivity contribution is 5.87. The molecule has 1 saturated heterocycles. The topological polar surface area (TPSA) is 61.9 Å². The van der Waals surface area contributed by atoms with Crippen molar-refractivity contribution in [2.75, 3.05) is 26.2 Å². The van der Waals surface area contributed by atoms with Gasteiger partial charge in [-0.05, 0) is 27.7 Å². The minimum Gasteiger partial charge on any atom is -0.376 e. The van der Waals surface area contributed by atoms with Crippen molar-refractivity contribution in [2.45, 2.75) is 65.0 Å². The van der Waals surface area contributed by atoms with E-state index in [9.17, 15) is 22.8 Å². The quantitative estimate of drug-likeness (QED) is 0.771. The maximum Gasteiger partial charge on any atom is 0.401 e. The Kier molecular flexibility index (Phi) is 7.67. The van der Waals surface area contributed by atoms with Gasteiger partial charge < -0.3 is 15.0 Å². The van der Waals surface area contributed by atoms with Crippen molar-refractivity contribution in [1.82, 2.24) is 15.1 Å². The molecule has 1 aliphatic heterocycles. The summed E-state index contributed by atoms with van der Waals surface area (Å²) >= 11 is 0. The van der Waals surface area contributed by atoms with Gasteiger partial charge >= 0.3 is 6.18 Å². The number of amides is 2. The van der Waals surface area contributed by atoms with Crippen LogP contribution >= 0.6 is 0 Å². The van der Waals surface area contributed by atoms with Crippen LogP contribution in [0, 0.1) is 0 Å². The van der Waals surface area contributed by atoms with Crippen molar-refractivity contribution in [1.29, 1.82) is 0 Å². The second-order valence-electron chi connectivity index (χ2n) is 6.86. The van der Waals surface area contributed by atoms with E-state index in [0.717, 1.165) is 0 Å². The molecule has 1 heterocycles. The maximum absolute atomic E-state index is 12.7. The molecule has 0 aromatic rings. The number of carbonyl (C=O) groups is 2. The summed E-state index contributed by atoms with van der Waals surface area (Å²) in [6, 6.07) is -1.70. The Labute approximate surface area is 146 Å². The summed E-state index contributed by atoms with van der Waals surface area (Å²) in [6.45, 7) is 7.66. The van der Waals surface area contributed by atoms with E-state index in [2.05, 4.69) is 5.32 Å². The van der Waals surface area contributed by atoms with Crippen molar-refractivity contribution in [3.63, 3.8) is 0 Å². The monoisotopic (exact) mass is 367 g/mol. The van der Waals surface area contributed by atoms with Gasteiger partial charge in [-0.15, -0.1) is 0 Å². The Bertz CT molecular complexity index is 459. The number of ether oxygens (including phenoxy) is 1. The zero-order chi connectivity index (χ0) is 19.4. The van der Waals surface area contributed by atoms with Crippen molar-refractivity contribution < 1.29 is 27.5 Å². The SMILES string of the molecule is CC(=O)NC(COC(C)C)C(=O)N1C[C@@H](C)N(CC(F)(F)F)[C@@H](C)C1. The summed E-state index contributed by atoms with van der Waals surface area (Å²) in [5.74, 6) is -0.691. The van der Waals surface area contributed by atoms with Crippen LogP contribution < -0.4 is 5.32 Å². The fourth-order valence-corrected chi connectivity index (χ4v) is 2.98. The van der Waals surface area contributed by atoms with E-state index in [1.165, 1.54) is 16.7 Å². The molecule has 6 nitrogen and oxygen atoms in total. The van der Waals surface area contributed by atoms with Gasteiger partial charge in [0.15, 0.2) is 0 Å². The molecule has 2 amide bonds.